The summed E-state index contributed by atoms with van der Waals surface area (Å²) in [6, 6.07) is 2.93. The minimum atomic E-state index is -1.19. The lowest BCUT2D eigenvalue weighted by Gasteiger charge is -2.37. The van der Waals surface area contributed by atoms with Crippen LogP contribution in [0.15, 0.2) is 31.4 Å². The van der Waals surface area contributed by atoms with E-state index in [1.54, 1.807) is 12.2 Å². The monoisotopic (exact) mass is 478 g/mol. The quantitative estimate of drug-likeness (QED) is 0.144. The first kappa shape index (κ1) is 27.3. The maximum atomic E-state index is 6.40. The van der Waals surface area contributed by atoms with Crippen LogP contribution < -0.4 is 18.9 Å². The van der Waals surface area contributed by atoms with Crippen molar-refractivity contribution in [2.24, 2.45) is 0 Å². The zero-order valence-electron chi connectivity index (χ0n) is 21.9. The Morgan fingerprint density at radius 2 is 1.61 bits per heavy atom. The molecule has 1 heterocycles. The maximum absolute atomic E-state index is 6.40. The predicted octanol–water partition coefficient (Wildman–Crippen LogP) is 6.71. The highest BCUT2D eigenvalue weighted by atomic mass is 28.3. The van der Waals surface area contributed by atoms with Crippen molar-refractivity contribution in [3.63, 3.8) is 0 Å². The second-order valence-corrected chi connectivity index (χ2v) is 16.7. The van der Waals surface area contributed by atoms with Crippen molar-refractivity contribution in [2.75, 3.05) is 13.4 Å². The second kappa shape index (κ2) is 10.1. The van der Waals surface area contributed by atoms with Gasteiger partial charge < -0.3 is 28.4 Å². The lowest BCUT2D eigenvalue weighted by atomic mass is 10.1. The number of ether oxygens (including phenoxy) is 6. The Morgan fingerprint density at radius 1 is 1.03 bits per heavy atom. The largest absolute Gasteiger partial charge is 0.476 e. The van der Waals surface area contributed by atoms with Crippen molar-refractivity contribution in [3.05, 3.63) is 36.9 Å². The van der Waals surface area contributed by atoms with Crippen LogP contribution in [0, 0.1) is 0 Å². The minimum absolute atomic E-state index is 0.103. The fourth-order valence-corrected chi connectivity index (χ4v) is 3.60. The number of fused-ring (bicyclic) bond motifs is 1. The Kier molecular flexibility index (Phi) is 8.36. The first-order chi connectivity index (χ1) is 15.1. The molecule has 0 amide bonds. The van der Waals surface area contributed by atoms with Crippen molar-refractivity contribution in [3.8, 4) is 23.0 Å². The number of hydrogen-bond acceptors (Lipinski definition) is 6. The fourth-order valence-electron chi connectivity index (χ4n) is 2.84. The van der Waals surface area contributed by atoms with Gasteiger partial charge in [-0.2, -0.15) is 0 Å². The summed E-state index contributed by atoms with van der Waals surface area (Å²) in [5.41, 5.74) is -0.546. The molecule has 0 bridgehead atoms. The molecule has 0 fully saturated rings. The molecule has 0 radical (unpaired) electrons. The van der Waals surface area contributed by atoms with Crippen LogP contribution in [0.4, 0.5) is 0 Å². The Hall–Kier alpha value is -1.96. The van der Waals surface area contributed by atoms with E-state index in [0.29, 0.717) is 36.2 Å². The summed E-state index contributed by atoms with van der Waals surface area (Å²) in [6.07, 6.45) is 3.47. The van der Waals surface area contributed by atoms with Crippen LogP contribution in [-0.2, 0) is 16.1 Å². The lowest BCUT2D eigenvalue weighted by Crippen LogP contribution is -2.36. The Balaban J connectivity index is 2.50. The summed E-state index contributed by atoms with van der Waals surface area (Å²) < 4.78 is 36.7. The van der Waals surface area contributed by atoms with Crippen LogP contribution in [0.25, 0.3) is 0 Å². The van der Waals surface area contributed by atoms with Gasteiger partial charge in [-0.3, -0.25) is 0 Å². The molecule has 0 N–H and O–H groups in total. The Morgan fingerprint density at radius 3 is 2.15 bits per heavy atom. The molecule has 1 aliphatic heterocycles. The first-order valence-electron chi connectivity index (χ1n) is 11.5. The molecule has 7 heteroatoms. The van der Waals surface area contributed by atoms with Gasteiger partial charge in [0.25, 0.3) is 0 Å². The summed E-state index contributed by atoms with van der Waals surface area (Å²) >= 11 is 0. The summed E-state index contributed by atoms with van der Waals surface area (Å²) in [5.74, 6) is 1.14. The van der Waals surface area contributed by atoms with E-state index in [2.05, 4.69) is 32.8 Å². The highest BCUT2D eigenvalue weighted by Gasteiger charge is 2.36. The smallest absolute Gasteiger partial charge is 0.209 e. The van der Waals surface area contributed by atoms with E-state index in [0.717, 1.165) is 11.6 Å². The molecule has 186 valence electrons. The molecule has 0 aliphatic carbocycles. The van der Waals surface area contributed by atoms with Crippen molar-refractivity contribution < 1.29 is 28.4 Å². The minimum Gasteiger partial charge on any atom is -0.476 e. The highest BCUT2D eigenvalue weighted by molar-refractivity contribution is 6.76. The maximum Gasteiger partial charge on any atom is 0.209 e. The van der Waals surface area contributed by atoms with Gasteiger partial charge in [-0.25, -0.2) is 0 Å². The normalized spacial score (nSPS) is 15.8. The summed E-state index contributed by atoms with van der Waals surface area (Å²) in [4.78, 5) is 0. The molecule has 1 aromatic rings. The average Bonchev–Trinajstić information content (AvgIpc) is 2.69. The van der Waals surface area contributed by atoms with Gasteiger partial charge in [0.05, 0.1) is 6.61 Å². The van der Waals surface area contributed by atoms with Crippen molar-refractivity contribution in [1.82, 2.24) is 0 Å². The zero-order valence-corrected chi connectivity index (χ0v) is 22.9. The van der Waals surface area contributed by atoms with E-state index in [9.17, 15) is 0 Å². The number of hydrogen-bond donors (Lipinski definition) is 0. The fraction of sp³-hybridized carbons (Fsp3) is 0.615. The molecule has 0 saturated heterocycles. The Labute approximate surface area is 200 Å². The molecule has 1 aliphatic rings. The molecule has 0 aromatic heterocycles. The first-order valence-corrected chi connectivity index (χ1v) is 15.2. The highest BCUT2D eigenvalue weighted by Crippen LogP contribution is 2.52. The van der Waals surface area contributed by atoms with E-state index in [-0.39, 0.29) is 6.79 Å². The van der Waals surface area contributed by atoms with Gasteiger partial charge in [0.2, 0.25) is 17.3 Å². The van der Waals surface area contributed by atoms with Crippen LogP contribution >= 0.6 is 0 Å². The SMILES string of the molecule is C=CC(C)(C)Oc1c(OCOCC[Si](C)(C)C)cc2c(c1OC(C)(C)C=C)OC(C)(C)OC2. The number of benzene rings is 1. The Bertz CT molecular complexity index is 851. The molecule has 6 nitrogen and oxygen atoms in total. The lowest BCUT2D eigenvalue weighted by molar-refractivity contribution is -0.181. The van der Waals surface area contributed by atoms with Crippen LogP contribution in [0.3, 0.4) is 0 Å². The topological polar surface area (TPSA) is 55.4 Å². The van der Waals surface area contributed by atoms with Crippen LogP contribution in [0.5, 0.6) is 23.0 Å². The number of rotatable bonds is 12. The molecular formula is C26H42O6Si. The summed E-state index contributed by atoms with van der Waals surface area (Å²) in [6.45, 7) is 27.3. The van der Waals surface area contributed by atoms with Crippen molar-refractivity contribution >= 4 is 8.07 Å². The standard InChI is InChI=1S/C26H42O6Si/c1-12-24(3,4)30-22-20(28-18-27-14-15-33(9,10)11)16-19-17-29-26(7,8)32-21(19)23(22)31-25(5,6)13-2/h12-13,16H,1-2,14-15,17-18H2,3-11H3. The molecular weight excluding hydrogens is 436 g/mol. The van der Waals surface area contributed by atoms with Gasteiger partial charge in [0.1, 0.15) is 11.2 Å². The molecule has 0 unspecified atom stereocenters. The van der Waals surface area contributed by atoms with Crippen molar-refractivity contribution in [1.29, 1.82) is 0 Å². The van der Waals surface area contributed by atoms with Gasteiger partial charge in [-0.15, -0.1) is 0 Å². The predicted molar refractivity (Wildman–Crippen MR) is 135 cm³/mol. The molecule has 0 saturated carbocycles. The summed E-state index contributed by atoms with van der Waals surface area (Å²) in [7, 11) is -1.19. The van der Waals surface area contributed by atoms with Gasteiger partial charge in [0.15, 0.2) is 18.3 Å². The van der Waals surface area contributed by atoms with Gasteiger partial charge in [-0.05, 0) is 52.0 Å². The third-order valence-corrected chi connectivity index (χ3v) is 6.87. The van der Waals surface area contributed by atoms with Gasteiger partial charge in [0, 0.05) is 34.1 Å². The summed E-state index contributed by atoms with van der Waals surface area (Å²) in [5, 5.41) is 0. The average molecular weight is 479 g/mol. The molecule has 33 heavy (non-hydrogen) atoms. The third kappa shape index (κ3) is 8.09. The van der Waals surface area contributed by atoms with Gasteiger partial charge >= 0.3 is 0 Å². The van der Waals surface area contributed by atoms with Crippen LogP contribution in [-0.4, -0.2) is 38.5 Å². The van der Waals surface area contributed by atoms with E-state index < -0.39 is 25.1 Å². The third-order valence-electron chi connectivity index (χ3n) is 5.16. The molecule has 0 atom stereocenters. The van der Waals surface area contributed by atoms with E-state index in [4.69, 9.17) is 28.4 Å². The molecule has 0 spiro atoms. The van der Waals surface area contributed by atoms with Crippen LogP contribution in [0.2, 0.25) is 25.7 Å². The molecule has 2 rings (SSSR count). The van der Waals surface area contributed by atoms with E-state index >= 15 is 0 Å². The van der Waals surface area contributed by atoms with E-state index in [1.165, 1.54) is 0 Å². The second-order valence-electron chi connectivity index (χ2n) is 11.1. The van der Waals surface area contributed by atoms with Gasteiger partial charge in [-0.1, -0.05) is 32.8 Å². The molecule has 1 aromatic carbocycles. The zero-order chi connectivity index (χ0) is 25.1. The van der Waals surface area contributed by atoms with E-state index in [1.807, 2.05) is 47.6 Å². The van der Waals surface area contributed by atoms with Crippen LogP contribution in [0.1, 0.15) is 47.1 Å². The van der Waals surface area contributed by atoms with Crippen molar-refractivity contribution in [2.45, 2.75) is 90.8 Å².